The van der Waals surface area contributed by atoms with Crippen molar-refractivity contribution >= 4 is 11.8 Å². The SMILES string of the molecule is C=CCN(CC=C)C(=O)[C@H]1CC(=O)N(C(C)(C)C)C1. The Hall–Kier alpha value is -1.58. The summed E-state index contributed by atoms with van der Waals surface area (Å²) in [7, 11) is 0. The van der Waals surface area contributed by atoms with Gasteiger partial charge in [-0.3, -0.25) is 9.59 Å². The van der Waals surface area contributed by atoms with Crippen LogP contribution in [0, 0.1) is 5.92 Å². The molecule has 1 aliphatic rings. The van der Waals surface area contributed by atoms with Crippen LogP contribution in [0.5, 0.6) is 0 Å². The normalized spacial score (nSPS) is 19.4. The third-order valence-corrected chi connectivity index (χ3v) is 3.29. The molecule has 0 radical (unpaired) electrons. The zero-order valence-electron chi connectivity index (χ0n) is 12.2. The maximum absolute atomic E-state index is 12.4. The van der Waals surface area contributed by atoms with Crippen LogP contribution in [0.3, 0.4) is 0 Å². The molecule has 19 heavy (non-hydrogen) atoms. The first-order valence-electron chi connectivity index (χ1n) is 6.62. The van der Waals surface area contributed by atoms with Crippen molar-refractivity contribution in [2.45, 2.75) is 32.7 Å². The fourth-order valence-corrected chi connectivity index (χ4v) is 2.35. The molecule has 0 unspecified atom stereocenters. The van der Waals surface area contributed by atoms with Gasteiger partial charge < -0.3 is 9.80 Å². The molecule has 0 aromatic carbocycles. The van der Waals surface area contributed by atoms with E-state index < -0.39 is 0 Å². The highest BCUT2D eigenvalue weighted by Crippen LogP contribution is 2.27. The minimum atomic E-state index is -0.244. The van der Waals surface area contributed by atoms with Crippen LogP contribution in [0.15, 0.2) is 25.3 Å². The second kappa shape index (κ2) is 6.04. The summed E-state index contributed by atoms with van der Waals surface area (Å²) in [6, 6.07) is 0. The maximum atomic E-state index is 12.4. The number of hydrogen-bond acceptors (Lipinski definition) is 2. The quantitative estimate of drug-likeness (QED) is 0.711. The fraction of sp³-hybridized carbons (Fsp3) is 0.600. The Morgan fingerprint density at radius 2 is 1.89 bits per heavy atom. The van der Waals surface area contributed by atoms with E-state index in [9.17, 15) is 9.59 Å². The van der Waals surface area contributed by atoms with Crippen LogP contribution < -0.4 is 0 Å². The van der Waals surface area contributed by atoms with Gasteiger partial charge in [0.25, 0.3) is 0 Å². The molecule has 1 aliphatic heterocycles. The lowest BCUT2D eigenvalue weighted by Crippen LogP contribution is -2.43. The predicted octanol–water partition coefficient (Wildman–Crippen LogP) is 1.83. The van der Waals surface area contributed by atoms with Gasteiger partial charge in [-0.25, -0.2) is 0 Å². The summed E-state index contributed by atoms with van der Waals surface area (Å²) in [5.41, 5.74) is -0.228. The van der Waals surface area contributed by atoms with Crippen LogP contribution in [0.2, 0.25) is 0 Å². The number of hydrogen-bond donors (Lipinski definition) is 0. The molecular weight excluding hydrogens is 240 g/mol. The van der Waals surface area contributed by atoms with Gasteiger partial charge in [0.05, 0.1) is 5.92 Å². The van der Waals surface area contributed by atoms with Gasteiger partial charge in [-0.15, -0.1) is 13.2 Å². The molecule has 1 heterocycles. The van der Waals surface area contributed by atoms with Gasteiger partial charge in [0.15, 0.2) is 0 Å². The molecule has 0 spiro atoms. The molecular formula is C15H24N2O2. The third-order valence-electron chi connectivity index (χ3n) is 3.29. The van der Waals surface area contributed by atoms with E-state index in [4.69, 9.17) is 0 Å². The topological polar surface area (TPSA) is 40.6 Å². The summed E-state index contributed by atoms with van der Waals surface area (Å²) in [6.45, 7) is 14.8. The standard InChI is InChI=1S/C15H24N2O2/c1-6-8-16(9-7-2)14(19)12-10-13(18)17(11-12)15(3,4)5/h6-7,12H,1-2,8-11H2,3-5H3/t12-/m0/s1. The minimum Gasteiger partial charge on any atom is -0.337 e. The van der Waals surface area contributed by atoms with Crippen molar-refractivity contribution in [2.75, 3.05) is 19.6 Å². The fourth-order valence-electron chi connectivity index (χ4n) is 2.35. The number of carbonyl (C=O) groups excluding carboxylic acids is 2. The minimum absolute atomic E-state index is 0.0138. The lowest BCUT2D eigenvalue weighted by Gasteiger charge is -2.32. The highest BCUT2D eigenvalue weighted by molar-refractivity contribution is 5.89. The van der Waals surface area contributed by atoms with Gasteiger partial charge in [-0.2, -0.15) is 0 Å². The van der Waals surface area contributed by atoms with E-state index >= 15 is 0 Å². The van der Waals surface area contributed by atoms with Crippen molar-refractivity contribution in [2.24, 2.45) is 5.92 Å². The Morgan fingerprint density at radius 3 is 2.26 bits per heavy atom. The lowest BCUT2D eigenvalue weighted by atomic mass is 10.1. The van der Waals surface area contributed by atoms with E-state index in [2.05, 4.69) is 13.2 Å². The number of carbonyl (C=O) groups is 2. The average molecular weight is 264 g/mol. The number of nitrogens with zero attached hydrogens (tertiary/aromatic N) is 2. The second-order valence-corrected chi connectivity index (χ2v) is 5.90. The molecule has 1 fully saturated rings. The smallest absolute Gasteiger partial charge is 0.228 e. The zero-order valence-corrected chi connectivity index (χ0v) is 12.2. The summed E-state index contributed by atoms with van der Waals surface area (Å²) < 4.78 is 0. The van der Waals surface area contributed by atoms with Crippen LogP contribution in [0.1, 0.15) is 27.2 Å². The number of likely N-dealkylation sites (tertiary alicyclic amines) is 1. The molecule has 0 saturated carbocycles. The third kappa shape index (κ3) is 3.69. The number of rotatable bonds is 5. The van der Waals surface area contributed by atoms with Crippen molar-refractivity contribution in [3.8, 4) is 0 Å². The molecule has 0 N–H and O–H groups in total. The van der Waals surface area contributed by atoms with Crippen molar-refractivity contribution in [3.63, 3.8) is 0 Å². The van der Waals surface area contributed by atoms with Crippen LogP contribution in [-0.2, 0) is 9.59 Å². The molecule has 1 atom stereocenters. The van der Waals surface area contributed by atoms with Crippen LogP contribution in [0.4, 0.5) is 0 Å². The molecule has 0 bridgehead atoms. The van der Waals surface area contributed by atoms with Gasteiger partial charge in [0.1, 0.15) is 0 Å². The van der Waals surface area contributed by atoms with Crippen molar-refractivity contribution < 1.29 is 9.59 Å². The Labute approximate surface area is 115 Å². The molecule has 0 aliphatic carbocycles. The van der Waals surface area contributed by atoms with E-state index in [-0.39, 0.29) is 23.3 Å². The molecule has 106 valence electrons. The van der Waals surface area contributed by atoms with E-state index in [0.29, 0.717) is 26.1 Å². The summed E-state index contributed by atoms with van der Waals surface area (Å²) in [5, 5.41) is 0. The molecule has 0 aromatic heterocycles. The van der Waals surface area contributed by atoms with Crippen LogP contribution >= 0.6 is 0 Å². The zero-order chi connectivity index (χ0) is 14.6. The molecule has 1 saturated heterocycles. The van der Waals surface area contributed by atoms with E-state index in [1.165, 1.54) is 0 Å². The first-order chi connectivity index (χ1) is 8.81. The van der Waals surface area contributed by atoms with Gasteiger partial charge in [-0.1, -0.05) is 12.2 Å². The van der Waals surface area contributed by atoms with Crippen LogP contribution in [0.25, 0.3) is 0 Å². The van der Waals surface area contributed by atoms with Crippen molar-refractivity contribution in [1.82, 2.24) is 9.80 Å². The molecule has 4 nitrogen and oxygen atoms in total. The van der Waals surface area contributed by atoms with Gasteiger partial charge in [0, 0.05) is 31.6 Å². The van der Waals surface area contributed by atoms with Crippen molar-refractivity contribution in [3.05, 3.63) is 25.3 Å². The molecule has 4 heteroatoms. The molecule has 2 amide bonds. The molecule has 0 aromatic rings. The highest BCUT2D eigenvalue weighted by atomic mass is 16.2. The first kappa shape index (κ1) is 15.5. The average Bonchev–Trinajstić information content (AvgIpc) is 2.70. The maximum Gasteiger partial charge on any atom is 0.228 e. The summed E-state index contributed by atoms with van der Waals surface area (Å²) in [5.74, 6) is -0.172. The van der Waals surface area contributed by atoms with E-state index in [0.717, 1.165) is 0 Å². The van der Waals surface area contributed by atoms with Crippen LogP contribution in [-0.4, -0.2) is 46.8 Å². The predicted molar refractivity (Wildman–Crippen MR) is 76.5 cm³/mol. The highest BCUT2D eigenvalue weighted by Gasteiger charge is 2.40. The summed E-state index contributed by atoms with van der Waals surface area (Å²) >= 11 is 0. The van der Waals surface area contributed by atoms with E-state index in [1.54, 1.807) is 22.0 Å². The summed E-state index contributed by atoms with van der Waals surface area (Å²) in [6.07, 6.45) is 3.69. The largest absolute Gasteiger partial charge is 0.337 e. The van der Waals surface area contributed by atoms with Crippen molar-refractivity contribution in [1.29, 1.82) is 0 Å². The Balaban J connectivity index is 2.76. The van der Waals surface area contributed by atoms with Gasteiger partial charge in [-0.05, 0) is 20.8 Å². The first-order valence-corrected chi connectivity index (χ1v) is 6.62. The van der Waals surface area contributed by atoms with Gasteiger partial charge in [0.2, 0.25) is 11.8 Å². The number of amides is 2. The summed E-state index contributed by atoms with van der Waals surface area (Å²) in [4.78, 5) is 27.9. The second-order valence-electron chi connectivity index (χ2n) is 5.90. The van der Waals surface area contributed by atoms with E-state index in [1.807, 2.05) is 20.8 Å². The molecule has 1 rings (SSSR count). The Bertz CT molecular complexity index is 372. The monoisotopic (exact) mass is 264 g/mol. The Morgan fingerprint density at radius 1 is 1.37 bits per heavy atom. The Kier molecular flexibility index (Phi) is 4.92. The lowest BCUT2D eigenvalue weighted by molar-refractivity contribution is -0.135. The van der Waals surface area contributed by atoms with Gasteiger partial charge >= 0.3 is 0 Å².